The molecule has 0 heterocycles. The minimum absolute atomic E-state index is 0.0294. The fraction of sp³-hybridized carbons (Fsp3) is 0.400. The Kier molecular flexibility index (Phi) is 3.95. The quantitative estimate of drug-likeness (QED) is 0.742. The maximum absolute atomic E-state index is 11.7. The molecule has 0 unspecified atom stereocenters. The molecule has 0 spiro atoms. The van der Waals surface area contributed by atoms with E-state index in [2.05, 4.69) is 5.32 Å². The monoisotopic (exact) mass is 203 g/mol. The highest BCUT2D eigenvalue weighted by molar-refractivity contribution is 5.14. The molecule has 0 bridgehead atoms. The Morgan fingerprint density at radius 2 is 1.71 bits per heavy atom. The zero-order valence-corrected chi connectivity index (χ0v) is 7.64. The maximum Gasteiger partial charge on any atom is 0.390 e. The Hall–Kier alpha value is -1.03. The number of alkyl halides is 3. The van der Waals surface area contributed by atoms with Crippen LogP contribution in [-0.2, 0) is 6.54 Å². The zero-order chi connectivity index (χ0) is 10.4. The molecule has 0 aromatic heterocycles. The maximum atomic E-state index is 11.7. The number of hydrogen-bond acceptors (Lipinski definition) is 1. The zero-order valence-electron chi connectivity index (χ0n) is 7.64. The summed E-state index contributed by atoms with van der Waals surface area (Å²) in [5, 5.41) is 2.74. The van der Waals surface area contributed by atoms with Crippen LogP contribution >= 0.6 is 0 Å². The third-order valence-electron chi connectivity index (χ3n) is 1.76. The molecule has 78 valence electrons. The standard InChI is InChI=1S/C10H12F3N/c11-10(12,13)6-7-14-8-9-4-2-1-3-5-9/h1-5,14H,6-8H2. The topological polar surface area (TPSA) is 12.0 Å². The predicted molar refractivity (Wildman–Crippen MR) is 48.8 cm³/mol. The first-order valence-corrected chi connectivity index (χ1v) is 4.39. The molecule has 1 N–H and O–H groups in total. The van der Waals surface area contributed by atoms with Gasteiger partial charge in [-0.3, -0.25) is 0 Å². The smallest absolute Gasteiger partial charge is 0.312 e. The van der Waals surface area contributed by atoms with Crippen molar-refractivity contribution in [1.29, 1.82) is 0 Å². The van der Waals surface area contributed by atoms with Gasteiger partial charge in [0, 0.05) is 13.1 Å². The molecule has 0 amide bonds. The second-order valence-electron chi connectivity index (χ2n) is 3.03. The van der Waals surface area contributed by atoms with Crippen molar-refractivity contribution in [2.45, 2.75) is 19.1 Å². The van der Waals surface area contributed by atoms with Gasteiger partial charge in [-0.05, 0) is 5.56 Å². The summed E-state index contributed by atoms with van der Waals surface area (Å²) in [6.45, 7) is 0.454. The van der Waals surface area contributed by atoms with Gasteiger partial charge in [0.05, 0.1) is 6.42 Å². The number of rotatable bonds is 4. The van der Waals surface area contributed by atoms with Gasteiger partial charge in [0.1, 0.15) is 0 Å². The van der Waals surface area contributed by atoms with E-state index in [1.807, 2.05) is 30.3 Å². The summed E-state index contributed by atoms with van der Waals surface area (Å²) in [7, 11) is 0. The average molecular weight is 203 g/mol. The van der Waals surface area contributed by atoms with Crippen LogP contribution in [0.2, 0.25) is 0 Å². The first kappa shape index (κ1) is 11.0. The van der Waals surface area contributed by atoms with E-state index in [9.17, 15) is 13.2 Å². The average Bonchev–Trinajstić information content (AvgIpc) is 2.13. The van der Waals surface area contributed by atoms with Crippen molar-refractivity contribution in [3.8, 4) is 0 Å². The van der Waals surface area contributed by atoms with Gasteiger partial charge in [0.15, 0.2) is 0 Å². The van der Waals surface area contributed by atoms with Crippen molar-refractivity contribution >= 4 is 0 Å². The van der Waals surface area contributed by atoms with Crippen LogP contribution in [0.1, 0.15) is 12.0 Å². The van der Waals surface area contributed by atoms with Gasteiger partial charge in [-0.25, -0.2) is 0 Å². The fourth-order valence-corrected chi connectivity index (χ4v) is 1.06. The van der Waals surface area contributed by atoms with Gasteiger partial charge >= 0.3 is 6.18 Å². The molecule has 14 heavy (non-hydrogen) atoms. The first-order valence-electron chi connectivity index (χ1n) is 4.39. The summed E-state index contributed by atoms with van der Waals surface area (Å²) in [5.74, 6) is 0. The lowest BCUT2D eigenvalue weighted by atomic mass is 10.2. The summed E-state index contributed by atoms with van der Waals surface area (Å²) in [5.41, 5.74) is 0.995. The molecule has 0 aliphatic heterocycles. The van der Waals surface area contributed by atoms with Crippen LogP contribution < -0.4 is 5.32 Å². The van der Waals surface area contributed by atoms with Crippen molar-refractivity contribution in [1.82, 2.24) is 5.32 Å². The van der Waals surface area contributed by atoms with E-state index in [0.717, 1.165) is 5.56 Å². The first-order chi connectivity index (χ1) is 6.58. The summed E-state index contributed by atoms with van der Waals surface area (Å²) in [6.07, 6.45) is -4.84. The minimum atomic E-state index is -4.07. The van der Waals surface area contributed by atoms with E-state index in [1.165, 1.54) is 0 Å². The van der Waals surface area contributed by atoms with Crippen LogP contribution in [-0.4, -0.2) is 12.7 Å². The van der Waals surface area contributed by atoms with Crippen molar-refractivity contribution in [2.24, 2.45) is 0 Å². The highest BCUT2D eigenvalue weighted by atomic mass is 19.4. The van der Waals surface area contributed by atoms with Gasteiger partial charge in [0.2, 0.25) is 0 Å². The van der Waals surface area contributed by atoms with Crippen LogP contribution in [0.5, 0.6) is 0 Å². The SMILES string of the molecule is FC(F)(F)CCNCc1ccccc1. The van der Waals surface area contributed by atoms with E-state index in [0.29, 0.717) is 6.54 Å². The number of nitrogens with one attached hydrogen (secondary N) is 1. The van der Waals surface area contributed by atoms with E-state index in [1.54, 1.807) is 0 Å². The molecule has 0 saturated heterocycles. The third-order valence-corrected chi connectivity index (χ3v) is 1.76. The number of benzene rings is 1. The molecule has 1 rings (SSSR count). The van der Waals surface area contributed by atoms with Crippen LogP contribution in [0.4, 0.5) is 13.2 Å². The Bertz CT molecular complexity index is 256. The molecule has 1 nitrogen and oxygen atoms in total. The summed E-state index contributed by atoms with van der Waals surface area (Å²) < 4.78 is 35.2. The van der Waals surface area contributed by atoms with Crippen LogP contribution in [0, 0.1) is 0 Å². The van der Waals surface area contributed by atoms with Crippen molar-refractivity contribution in [2.75, 3.05) is 6.54 Å². The van der Waals surface area contributed by atoms with Crippen LogP contribution in [0.15, 0.2) is 30.3 Å². The Balaban J connectivity index is 2.17. The summed E-state index contributed by atoms with van der Waals surface area (Å²) in [6, 6.07) is 9.35. The molecule has 0 aliphatic rings. The van der Waals surface area contributed by atoms with E-state index < -0.39 is 12.6 Å². The molecule has 0 aliphatic carbocycles. The van der Waals surface area contributed by atoms with Gasteiger partial charge < -0.3 is 5.32 Å². The van der Waals surface area contributed by atoms with Crippen LogP contribution in [0.3, 0.4) is 0 Å². The van der Waals surface area contributed by atoms with Gasteiger partial charge in [-0.2, -0.15) is 13.2 Å². The number of hydrogen-bond donors (Lipinski definition) is 1. The molecule has 4 heteroatoms. The highest BCUT2D eigenvalue weighted by Crippen LogP contribution is 2.18. The molecule has 0 saturated carbocycles. The highest BCUT2D eigenvalue weighted by Gasteiger charge is 2.25. The largest absolute Gasteiger partial charge is 0.390 e. The minimum Gasteiger partial charge on any atom is -0.312 e. The van der Waals surface area contributed by atoms with Crippen molar-refractivity contribution < 1.29 is 13.2 Å². The van der Waals surface area contributed by atoms with Gasteiger partial charge in [0.25, 0.3) is 0 Å². The normalized spacial score (nSPS) is 11.6. The van der Waals surface area contributed by atoms with Crippen LogP contribution in [0.25, 0.3) is 0 Å². The molecular formula is C10H12F3N. The third kappa shape index (κ3) is 4.87. The summed E-state index contributed by atoms with van der Waals surface area (Å²) >= 11 is 0. The molecule has 0 fully saturated rings. The van der Waals surface area contributed by atoms with Crippen molar-refractivity contribution in [3.63, 3.8) is 0 Å². The van der Waals surface area contributed by atoms with E-state index in [4.69, 9.17) is 0 Å². The molecular weight excluding hydrogens is 191 g/mol. The Labute approximate surface area is 80.9 Å². The second kappa shape index (κ2) is 5.00. The molecule has 1 aromatic rings. The van der Waals surface area contributed by atoms with Gasteiger partial charge in [-0.1, -0.05) is 30.3 Å². The predicted octanol–water partition coefficient (Wildman–Crippen LogP) is 2.73. The lowest BCUT2D eigenvalue weighted by Gasteiger charge is -2.07. The fourth-order valence-electron chi connectivity index (χ4n) is 1.06. The Morgan fingerprint density at radius 3 is 2.29 bits per heavy atom. The van der Waals surface area contributed by atoms with E-state index in [-0.39, 0.29) is 6.54 Å². The second-order valence-corrected chi connectivity index (χ2v) is 3.03. The molecule has 0 radical (unpaired) electrons. The number of halogens is 3. The molecule has 1 aromatic carbocycles. The lowest BCUT2D eigenvalue weighted by molar-refractivity contribution is -0.133. The van der Waals surface area contributed by atoms with Crippen molar-refractivity contribution in [3.05, 3.63) is 35.9 Å². The molecule has 0 atom stereocenters. The Morgan fingerprint density at radius 1 is 1.07 bits per heavy atom. The lowest BCUT2D eigenvalue weighted by Crippen LogP contribution is -2.21. The van der Waals surface area contributed by atoms with Gasteiger partial charge in [-0.15, -0.1) is 0 Å². The van der Waals surface area contributed by atoms with E-state index >= 15 is 0 Å². The summed E-state index contributed by atoms with van der Waals surface area (Å²) in [4.78, 5) is 0.